The maximum atomic E-state index is 13.2. The fourth-order valence-corrected chi connectivity index (χ4v) is 3.41. The Morgan fingerprint density at radius 1 is 1.14 bits per heavy atom. The monoisotopic (exact) mass is 437 g/mol. The van der Waals surface area contributed by atoms with Gasteiger partial charge in [-0.25, -0.2) is 9.18 Å². The van der Waals surface area contributed by atoms with E-state index in [2.05, 4.69) is 5.32 Å². The third-order valence-corrected chi connectivity index (χ3v) is 5.41. The first kappa shape index (κ1) is 21.1. The summed E-state index contributed by atoms with van der Waals surface area (Å²) >= 11 is 11.9. The normalized spacial score (nSPS) is 17.6. The van der Waals surface area contributed by atoms with Crippen LogP contribution in [0, 0.1) is 5.82 Å². The van der Waals surface area contributed by atoms with E-state index < -0.39 is 42.3 Å². The van der Waals surface area contributed by atoms with Gasteiger partial charge in [0.05, 0.1) is 16.1 Å². The number of hydrogen-bond acceptors (Lipinski definition) is 3. The molecule has 3 rings (SSSR count). The Hall–Kier alpha value is -2.64. The quantitative estimate of drug-likeness (QED) is 0.713. The molecule has 1 aliphatic rings. The highest BCUT2D eigenvalue weighted by molar-refractivity contribution is 6.42. The number of carbonyl (C=O) groups is 3. The Balaban J connectivity index is 1.69. The van der Waals surface area contributed by atoms with Gasteiger partial charge in [-0.3, -0.25) is 19.4 Å². The second-order valence-electron chi connectivity index (χ2n) is 6.69. The van der Waals surface area contributed by atoms with Gasteiger partial charge in [0.2, 0.25) is 5.91 Å². The highest BCUT2D eigenvalue weighted by Crippen LogP contribution is 2.27. The highest BCUT2D eigenvalue weighted by Gasteiger charge is 2.44. The van der Waals surface area contributed by atoms with E-state index in [1.165, 1.54) is 29.2 Å². The second-order valence-corrected chi connectivity index (χ2v) is 7.51. The number of nitrogens with one attached hydrogen (secondary N) is 1. The molecule has 1 fully saturated rings. The van der Waals surface area contributed by atoms with Gasteiger partial charge in [0, 0.05) is 5.69 Å². The van der Waals surface area contributed by atoms with Crippen LogP contribution in [0.1, 0.15) is 25.5 Å². The number of imide groups is 1. The van der Waals surface area contributed by atoms with Crippen molar-refractivity contribution in [3.8, 4) is 0 Å². The molecule has 1 saturated heterocycles. The Labute approximate surface area is 177 Å². The zero-order chi connectivity index (χ0) is 21.3. The van der Waals surface area contributed by atoms with Crippen molar-refractivity contribution in [1.29, 1.82) is 0 Å². The lowest BCUT2D eigenvalue weighted by Gasteiger charge is -2.20. The van der Waals surface area contributed by atoms with E-state index in [-0.39, 0.29) is 0 Å². The maximum absolute atomic E-state index is 13.2. The molecule has 9 heteroatoms. The number of rotatable bonds is 5. The van der Waals surface area contributed by atoms with Crippen LogP contribution in [0.15, 0.2) is 42.5 Å². The summed E-state index contributed by atoms with van der Waals surface area (Å²) in [6, 6.07) is 8.37. The van der Waals surface area contributed by atoms with Gasteiger partial charge in [-0.15, -0.1) is 0 Å². The second kappa shape index (κ2) is 8.39. The molecular weight excluding hydrogens is 420 g/mol. The van der Waals surface area contributed by atoms with Crippen LogP contribution in [0.25, 0.3) is 0 Å². The van der Waals surface area contributed by atoms with Crippen molar-refractivity contribution < 1.29 is 18.8 Å². The van der Waals surface area contributed by atoms with Crippen molar-refractivity contribution in [3.05, 3.63) is 63.9 Å². The SMILES string of the molecule is CC(NC(=O)CN1C(=O)C(C)N(c2ccc(F)cc2)C1=O)c1ccc(Cl)c(Cl)c1. The highest BCUT2D eigenvalue weighted by atomic mass is 35.5. The number of anilines is 1. The molecule has 0 saturated carbocycles. The average molecular weight is 438 g/mol. The first-order valence-electron chi connectivity index (χ1n) is 8.83. The van der Waals surface area contributed by atoms with E-state index >= 15 is 0 Å². The Kier molecular flexibility index (Phi) is 6.10. The fraction of sp³-hybridized carbons (Fsp3) is 0.250. The molecule has 152 valence electrons. The van der Waals surface area contributed by atoms with Crippen LogP contribution in [0.2, 0.25) is 10.0 Å². The summed E-state index contributed by atoms with van der Waals surface area (Å²) in [6.07, 6.45) is 0. The van der Waals surface area contributed by atoms with Crippen molar-refractivity contribution in [2.45, 2.75) is 25.9 Å². The number of carbonyl (C=O) groups excluding carboxylic acids is 3. The number of halogens is 3. The average Bonchev–Trinajstić information content (AvgIpc) is 2.88. The summed E-state index contributed by atoms with van der Waals surface area (Å²) in [5, 5.41) is 3.49. The molecule has 0 bridgehead atoms. The summed E-state index contributed by atoms with van der Waals surface area (Å²) in [4.78, 5) is 39.8. The molecule has 0 aliphatic carbocycles. The van der Waals surface area contributed by atoms with Crippen molar-refractivity contribution >= 4 is 46.7 Å². The van der Waals surface area contributed by atoms with Crippen LogP contribution in [0.5, 0.6) is 0 Å². The summed E-state index contributed by atoms with van der Waals surface area (Å²) in [7, 11) is 0. The van der Waals surface area contributed by atoms with Crippen molar-refractivity contribution in [2.24, 2.45) is 0 Å². The Morgan fingerprint density at radius 3 is 2.41 bits per heavy atom. The van der Waals surface area contributed by atoms with Crippen LogP contribution in [0.4, 0.5) is 14.9 Å². The fourth-order valence-electron chi connectivity index (χ4n) is 3.10. The largest absolute Gasteiger partial charge is 0.348 e. The molecule has 2 aromatic rings. The molecule has 29 heavy (non-hydrogen) atoms. The van der Waals surface area contributed by atoms with Gasteiger partial charge in [-0.1, -0.05) is 29.3 Å². The molecule has 1 aliphatic heterocycles. The van der Waals surface area contributed by atoms with Gasteiger partial charge in [0.25, 0.3) is 5.91 Å². The molecule has 1 N–H and O–H groups in total. The predicted molar refractivity (Wildman–Crippen MR) is 108 cm³/mol. The molecule has 0 aromatic heterocycles. The number of amides is 4. The first-order chi connectivity index (χ1) is 13.7. The van der Waals surface area contributed by atoms with E-state index in [4.69, 9.17) is 23.2 Å². The van der Waals surface area contributed by atoms with Crippen molar-refractivity contribution in [1.82, 2.24) is 10.2 Å². The summed E-state index contributed by atoms with van der Waals surface area (Å²) in [5.74, 6) is -1.46. The van der Waals surface area contributed by atoms with Gasteiger partial charge in [0.15, 0.2) is 0 Å². The summed E-state index contributed by atoms with van der Waals surface area (Å²) in [5.41, 5.74) is 1.11. The van der Waals surface area contributed by atoms with E-state index in [0.29, 0.717) is 15.7 Å². The van der Waals surface area contributed by atoms with Gasteiger partial charge in [-0.2, -0.15) is 0 Å². The number of nitrogens with zero attached hydrogens (tertiary/aromatic N) is 2. The first-order valence-corrected chi connectivity index (χ1v) is 9.59. The molecular formula is C20H18Cl2FN3O3. The van der Waals surface area contributed by atoms with E-state index in [0.717, 1.165) is 10.5 Å². The number of urea groups is 1. The van der Waals surface area contributed by atoms with Crippen LogP contribution >= 0.6 is 23.2 Å². The van der Waals surface area contributed by atoms with Crippen LogP contribution < -0.4 is 10.2 Å². The van der Waals surface area contributed by atoms with E-state index in [9.17, 15) is 18.8 Å². The topological polar surface area (TPSA) is 69.7 Å². The lowest BCUT2D eigenvalue weighted by Crippen LogP contribution is -2.42. The van der Waals surface area contributed by atoms with Crippen LogP contribution in [0.3, 0.4) is 0 Å². The maximum Gasteiger partial charge on any atom is 0.332 e. The lowest BCUT2D eigenvalue weighted by molar-refractivity contribution is -0.132. The minimum atomic E-state index is -0.798. The molecule has 2 unspecified atom stereocenters. The Morgan fingerprint density at radius 2 is 1.79 bits per heavy atom. The van der Waals surface area contributed by atoms with Crippen LogP contribution in [-0.4, -0.2) is 35.3 Å². The zero-order valence-electron chi connectivity index (χ0n) is 15.7. The standard InChI is InChI=1S/C20H18Cl2FN3O3/c1-11(13-3-8-16(21)17(22)9-13)24-18(27)10-25-19(28)12(2)26(20(25)29)15-6-4-14(23)5-7-15/h3-9,11-12H,10H2,1-2H3,(H,24,27). The predicted octanol–water partition coefficient (Wildman–Crippen LogP) is 4.17. The lowest BCUT2D eigenvalue weighted by atomic mass is 10.1. The molecule has 0 spiro atoms. The molecule has 1 heterocycles. The third-order valence-electron chi connectivity index (χ3n) is 4.68. The Bertz CT molecular complexity index is 968. The zero-order valence-corrected chi connectivity index (χ0v) is 17.2. The third kappa shape index (κ3) is 4.36. The molecule has 4 amide bonds. The van der Waals surface area contributed by atoms with Crippen molar-refractivity contribution in [3.63, 3.8) is 0 Å². The van der Waals surface area contributed by atoms with Gasteiger partial charge in [0.1, 0.15) is 18.4 Å². The molecule has 2 aromatic carbocycles. The summed E-state index contributed by atoms with van der Waals surface area (Å²) < 4.78 is 13.2. The van der Waals surface area contributed by atoms with E-state index in [1.54, 1.807) is 32.0 Å². The molecule has 6 nitrogen and oxygen atoms in total. The summed E-state index contributed by atoms with van der Waals surface area (Å²) in [6.45, 7) is 2.88. The van der Waals surface area contributed by atoms with Gasteiger partial charge < -0.3 is 5.32 Å². The number of benzene rings is 2. The van der Waals surface area contributed by atoms with E-state index in [1.807, 2.05) is 0 Å². The smallest absolute Gasteiger partial charge is 0.332 e. The minimum absolute atomic E-state index is 0.360. The van der Waals surface area contributed by atoms with Gasteiger partial charge >= 0.3 is 6.03 Å². The molecule has 0 radical (unpaired) electrons. The molecule has 2 atom stereocenters. The van der Waals surface area contributed by atoms with Gasteiger partial charge in [-0.05, 0) is 55.8 Å². The minimum Gasteiger partial charge on any atom is -0.348 e. The van der Waals surface area contributed by atoms with Crippen molar-refractivity contribution in [2.75, 3.05) is 11.4 Å². The van der Waals surface area contributed by atoms with Crippen LogP contribution in [-0.2, 0) is 9.59 Å². The number of hydrogen-bond donors (Lipinski definition) is 1.